The highest BCUT2D eigenvalue weighted by Gasteiger charge is 2.43. The number of nitrogens with one attached hydrogen (secondary N) is 1. The molecule has 2 rings (SSSR count). The van der Waals surface area contributed by atoms with Crippen molar-refractivity contribution < 1.29 is 4.79 Å². The smallest absolute Gasteiger partial charge is 0.227 e. The van der Waals surface area contributed by atoms with Gasteiger partial charge in [-0.25, -0.2) is 0 Å². The summed E-state index contributed by atoms with van der Waals surface area (Å²) in [7, 11) is 0. The first-order valence-electron chi connectivity index (χ1n) is 6.62. The maximum absolute atomic E-state index is 12.2. The molecular weight excluding hydrogens is 238 g/mol. The SMILES string of the molecule is CC(NC(=O)C1(CN)CCC1)c1ccc(C#N)cc1. The number of carbonyl (C=O) groups excluding carboxylic acids is 1. The van der Waals surface area contributed by atoms with E-state index in [0.29, 0.717) is 12.1 Å². The Morgan fingerprint density at radius 2 is 2.11 bits per heavy atom. The maximum atomic E-state index is 12.2. The number of benzene rings is 1. The summed E-state index contributed by atoms with van der Waals surface area (Å²) in [5.74, 6) is 0.0538. The lowest BCUT2D eigenvalue weighted by Crippen LogP contribution is -2.50. The molecule has 4 heteroatoms. The van der Waals surface area contributed by atoms with Crippen LogP contribution in [0.2, 0.25) is 0 Å². The highest BCUT2D eigenvalue weighted by atomic mass is 16.2. The van der Waals surface area contributed by atoms with E-state index < -0.39 is 0 Å². The Balaban J connectivity index is 2.02. The Kier molecular flexibility index (Phi) is 3.87. The van der Waals surface area contributed by atoms with Crippen molar-refractivity contribution >= 4 is 5.91 Å². The van der Waals surface area contributed by atoms with Crippen LogP contribution in [0.15, 0.2) is 24.3 Å². The first-order chi connectivity index (χ1) is 9.11. The quantitative estimate of drug-likeness (QED) is 0.864. The molecule has 0 radical (unpaired) electrons. The van der Waals surface area contributed by atoms with Crippen molar-refractivity contribution in [2.45, 2.75) is 32.2 Å². The summed E-state index contributed by atoms with van der Waals surface area (Å²) in [5, 5.41) is 11.8. The predicted molar refractivity (Wildman–Crippen MR) is 73.1 cm³/mol. The van der Waals surface area contributed by atoms with E-state index in [-0.39, 0.29) is 17.4 Å². The van der Waals surface area contributed by atoms with Crippen molar-refractivity contribution in [1.29, 1.82) is 5.26 Å². The fraction of sp³-hybridized carbons (Fsp3) is 0.467. The van der Waals surface area contributed by atoms with Gasteiger partial charge in [0, 0.05) is 6.54 Å². The third-order valence-corrected chi connectivity index (χ3v) is 4.07. The van der Waals surface area contributed by atoms with E-state index in [1.165, 1.54) is 0 Å². The molecule has 0 heterocycles. The Labute approximate surface area is 113 Å². The molecule has 1 aromatic rings. The van der Waals surface area contributed by atoms with Crippen LogP contribution in [0, 0.1) is 16.7 Å². The molecule has 100 valence electrons. The Hall–Kier alpha value is -1.86. The molecule has 0 bridgehead atoms. The number of nitrogens with zero attached hydrogens (tertiary/aromatic N) is 1. The van der Waals surface area contributed by atoms with Crippen LogP contribution >= 0.6 is 0 Å². The molecule has 1 unspecified atom stereocenters. The molecule has 0 aliphatic heterocycles. The van der Waals surface area contributed by atoms with Crippen LogP contribution in [0.5, 0.6) is 0 Å². The first-order valence-corrected chi connectivity index (χ1v) is 6.62. The third kappa shape index (κ3) is 2.61. The van der Waals surface area contributed by atoms with Gasteiger partial charge in [-0.2, -0.15) is 5.26 Å². The number of hydrogen-bond acceptors (Lipinski definition) is 3. The highest BCUT2D eigenvalue weighted by molar-refractivity contribution is 5.84. The summed E-state index contributed by atoms with van der Waals surface area (Å²) >= 11 is 0. The van der Waals surface area contributed by atoms with E-state index in [4.69, 9.17) is 11.0 Å². The van der Waals surface area contributed by atoms with Crippen molar-refractivity contribution in [2.24, 2.45) is 11.1 Å². The van der Waals surface area contributed by atoms with Crippen LogP contribution in [0.25, 0.3) is 0 Å². The average molecular weight is 257 g/mol. The van der Waals surface area contributed by atoms with Crippen LogP contribution in [-0.2, 0) is 4.79 Å². The molecule has 1 amide bonds. The van der Waals surface area contributed by atoms with Gasteiger partial charge in [0.05, 0.1) is 23.1 Å². The molecule has 1 aromatic carbocycles. The van der Waals surface area contributed by atoms with Crippen molar-refractivity contribution in [2.75, 3.05) is 6.54 Å². The second kappa shape index (κ2) is 5.41. The Morgan fingerprint density at radius 1 is 1.47 bits per heavy atom. The molecule has 1 saturated carbocycles. The van der Waals surface area contributed by atoms with Crippen molar-refractivity contribution in [3.63, 3.8) is 0 Å². The van der Waals surface area contributed by atoms with E-state index in [2.05, 4.69) is 11.4 Å². The van der Waals surface area contributed by atoms with Crippen molar-refractivity contribution in [3.8, 4) is 6.07 Å². The van der Waals surface area contributed by atoms with E-state index in [1.807, 2.05) is 19.1 Å². The van der Waals surface area contributed by atoms with Gasteiger partial charge in [-0.1, -0.05) is 18.6 Å². The third-order valence-electron chi connectivity index (χ3n) is 4.07. The first kappa shape index (κ1) is 13.6. The maximum Gasteiger partial charge on any atom is 0.227 e. The normalized spacial score (nSPS) is 17.9. The van der Waals surface area contributed by atoms with Gasteiger partial charge < -0.3 is 11.1 Å². The highest BCUT2D eigenvalue weighted by Crippen LogP contribution is 2.40. The van der Waals surface area contributed by atoms with Gasteiger partial charge >= 0.3 is 0 Å². The molecule has 19 heavy (non-hydrogen) atoms. The second-order valence-electron chi connectivity index (χ2n) is 5.27. The summed E-state index contributed by atoms with van der Waals surface area (Å²) in [5.41, 5.74) is 7.00. The zero-order valence-electron chi connectivity index (χ0n) is 11.1. The standard InChI is InChI=1S/C15H19N3O/c1-11(13-5-3-12(9-16)4-6-13)18-14(19)15(10-17)7-2-8-15/h3-6,11H,2,7-8,10,17H2,1H3,(H,18,19). The molecule has 4 nitrogen and oxygen atoms in total. The lowest BCUT2D eigenvalue weighted by atomic mass is 9.68. The van der Waals surface area contributed by atoms with Gasteiger partial charge in [-0.3, -0.25) is 4.79 Å². The summed E-state index contributed by atoms with van der Waals surface area (Å²) in [6.07, 6.45) is 2.85. The minimum atomic E-state index is -0.346. The summed E-state index contributed by atoms with van der Waals surface area (Å²) in [6.45, 7) is 2.36. The number of nitriles is 1. The van der Waals surface area contributed by atoms with E-state index in [0.717, 1.165) is 24.8 Å². The molecule has 0 aromatic heterocycles. The molecule has 1 fully saturated rings. The van der Waals surface area contributed by atoms with E-state index >= 15 is 0 Å². The van der Waals surface area contributed by atoms with Crippen LogP contribution in [0.4, 0.5) is 0 Å². The van der Waals surface area contributed by atoms with Gasteiger partial charge in [0.25, 0.3) is 0 Å². The fourth-order valence-corrected chi connectivity index (χ4v) is 2.41. The molecule has 1 atom stereocenters. The summed E-state index contributed by atoms with van der Waals surface area (Å²) < 4.78 is 0. The van der Waals surface area contributed by atoms with E-state index in [1.54, 1.807) is 12.1 Å². The topological polar surface area (TPSA) is 78.9 Å². The molecule has 3 N–H and O–H groups in total. The lowest BCUT2D eigenvalue weighted by Gasteiger charge is -2.39. The van der Waals surface area contributed by atoms with E-state index in [9.17, 15) is 4.79 Å². The average Bonchev–Trinajstić information content (AvgIpc) is 2.38. The largest absolute Gasteiger partial charge is 0.349 e. The lowest BCUT2D eigenvalue weighted by molar-refractivity contribution is -0.135. The van der Waals surface area contributed by atoms with Gasteiger partial charge in [-0.05, 0) is 37.5 Å². The molecule has 1 aliphatic rings. The van der Waals surface area contributed by atoms with Crippen LogP contribution in [-0.4, -0.2) is 12.5 Å². The van der Waals surface area contributed by atoms with Crippen LogP contribution < -0.4 is 11.1 Å². The zero-order valence-corrected chi connectivity index (χ0v) is 11.1. The van der Waals surface area contributed by atoms with Crippen LogP contribution in [0.3, 0.4) is 0 Å². The minimum absolute atomic E-state index is 0.0538. The molecule has 0 saturated heterocycles. The number of nitrogens with two attached hydrogens (primary N) is 1. The Bertz CT molecular complexity index is 492. The van der Waals surface area contributed by atoms with Gasteiger partial charge in [0.1, 0.15) is 0 Å². The number of hydrogen-bond donors (Lipinski definition) is 2. The van der Waals surface area contributed by atoms with Gasteiger partial charge in [-0.15, -0.1) is 0 Å². The van der Waals surface area contributed by atoms with Gasteiger partial charge in [0.15, 0.2) is 0 Å². The fourth-order valence-electron chi connectivity index (χ4n) is 2.41. The molecule has 0 spiro atoms. The minimum Gasteiger partial charge on any atom is -0.349 e. The van der Waals surface area contributed by atoms with Crippen LogP contribution in [0.1, 0.15) is 43.4 Å². The second-order valence-corrected chi connectivity index (χ2v) is 5.27. The number of rotatable bonds is 4. The van der Waals surface area contributed by atoms with Crippen molar-refractivity contribution in [3.05, 3.63) is 35.4 Å². The zero-order chi connectivity index (χ0) is 13.9. The molecule has 1 aliphatic carbocycles. The molecular formula is C15H19N3O. The number of amides is 1. The predicted octanol–water partition coefficient (Wildman–Crippen LogP) is 1.86. The van der Waals surface area contributed by atoms with Gasteiger partial charge in [0.2, 0.25) is 5.91 Å². The summed E-state index contributed by atoms with van der Waals surface area (Å²) in [4.78, 5) is 12.2. The van der Waals surface area contributed by atoms with Crippen molar-refractivity contribution in [1.82, 2.24) is 5.32 Å². The monoisotopic (exact) mass is 257 g/mol. The summed E-state index contributed by atoms with van der Waals surface area (Å²) in [6, 6.07) is 9.29. The Morgan fingerprint density at radius 3 is 2.53 bits per heavy atom. The number of carbonyl (C=O) groups is 1.